The SMILES string of the molecule is CC(=O)O[C@@H]1[C@@H](O)[C@@H]2COC(=O)[C@]2(C)[C@H]2CC[C@H](C)C[C@H]12. The predicted molar refractivity (Wildman–Crippen MR) is 74.1 cm³/mol. The van der Waals surface area contributed by atoms with Crippen LogP contribution in [0.15, 0.2) is 0 Å². The zero-order chi connectivity index (χ0) is 15.4. The first-order valence-electron chi connectivity index (χ1n) is 7.88. The molecule has 0 aromatic rings. The fraction of sp³-hybridized carbons (Fsp3) is 0.875. The van der Waals surface area contributed by atoms with Gasteiger partial charge in [0.2, 0.25) is 0 Å². The van der Waals surface area contributed by atoms with E-state index in [9.17, 15) is 14.7 Å². The minimum absolute atomic E-state index is 0.0412. The summed E-state index contributed by atoms with van der Waals surface area (Å²) in [6.45, 7) is 5.70. The topological polar surface area (TPSA) is 72.8 Å². The lowest BCUT2D eigenvalue weighted by molar-refractivity contribution is -0.194. The summed E-state index contributed by atoms with van der Waals surface area (Å²) < 4.78 is 10.7. The molecule has 118 valence electrons. The fourth-order valence-corrected chi connectivity index (χ4v) is 4.89. The van der Waals surface area contributed by atoms with Crippen LogP contribution in [0, 0.1) is 29.1 Å². The van der Waals surface area contributed by atoms with Gasteiger partial charge < -0.3 is 14.6 Å². The molecule has 0 spiro atoms. The molecule has 0 radical (unpaired) electrons. The van der Waals surface area contributed by atoms with E-state index in [1.807, 2.05) is 6.92 Å². The van der Waals surface area contributed by atoms with Crippen molar-refractivity contribution < 1.29 is 24.2 Å². The smallest absolute Gasteiger partial charge is 0.312 e. The molecule has 5 heteroatoms. The normalized spacial score (nSPS) is 49.0. The molecule has 3 rings (SSSR count). The molecule has 1 aliphatic heterocycles. The number of esters is 2. The van der Waals surface area contributed by atoms with E-state index < -0.39 is 17.6 Å². The first-order valence-corrected chi connectivity index (χ1v) is 7.88. The van der Waals surface area contributed by atoms with Crippen LogP contribution in [0.1, 0.15) is 40.0 Å². The third-order valence-corrected chi connectivity index (χ3v) is 6.01. The maximum atomic E-state index is 12.3. The maximum Gasteiger partial charge on any atom is 0.312 e. The van der Waals surface area contributed by atoms with Gasteiger partial charge in [0.05, 0.1) is 18.1 Å². The Morgan fingerprint density at radius 1 is 1.38 bits per heavy atom. The summed E-state index contributed by atoms with van der Waals surface area (Å²) in [6.07, 6.45) is 1.55. The molecular weight excluding hydrogens is 272 g/mol. The Kier molecular flexibility index (Phi) is 3.51. The number of aliphatic hydroxyl groups is 1. The van der Waals surface area contributed by atoms with Crippen LogP contribution in [-0.4, -0.2) is 35.9 Å². The molecule has 0 aromatic heterocycles. The second-order valence-electron chi connectivity index (χ2n) is 7.24. The Bertz CT molecular complexity index is 462. The van der Waals surface area contributed by atoms with E-state index in [1.165, 1.54) is 6.92 Å². The fourth-order valence-electron chi connectivity index (χ4n) is 4.89. The number of carbonyl (C=O) groups excluding carboxylic acids is 2. The molecule has 0 bridgehead atoms. The van der Waals surface area contributed by atoms with E-state index in [0.717, 1.165) is 19.3 Å². The molecule has 7 atom stereocenters. The first-order chi connectivity index (χ1) is 9.85. The second-order valence-corrected chi connectivity index (χ2v) is 7.24. The van der Waals surface area contributed by atoms with Gasteiger partial charge in [0.15, 0.2) is 0 Å². The number of fused-ring (bicyclic) bond motifs is 3. The molecule has 21 heavy (non-hydrogen) atoms. The highest BCUT2D eigenvalue weighted by Gasteiger charge is 2.65. The summed E-state index contributed by atoms with van der Waals surface area (Å²) in [4.78, 5) is 23.7. The lowest BCUT2D eigenvalue weighted by atomic mass is 9.52. The average molecular weight is 296 g/mol. The zero-order valence-corrected chi connectivity index (χ0v) is 12.9. The minimum atomic E-state index is -0.822. The summed E-state index contributed by atoms with van der Waals surface area (Å²) in [5.74, 6) is -0.152. The van der Waals surface area contributed by atoms with Crippen LogP contribution < -0.4 is 0 Å². The van der Waals surface area contributed by atoms with Gasteiger partial charge in [-0.3, -0.25) is 9.59 Å². The summed E-state index contributed by atoms with van der Waals surface area (Å²) >= 11 is 0. The zero-order valence-electron chi connectivity index (χ0n) is 12.9. The average Bonchev–Trinajstić information content (AvgIpc) is 2.72. The molecule has 2 aliphatic carbocycles. The van der Waals surface area contributed by atoms with Crippen LogP contribution in [0.4, 0.5) is 0 Å². The Morgan fingerprint density at radius 3 is 2.76 bits per heavy atom. The van der Waals surface area contributed by atoms with E-state index in [0.29, 0.717) is 5.92 Å². The molecule has 1 N–H and O–H groups in total. The summed E-state index contributed by atoms with van der Waals surface area (Å²) in [6, 6.07) is 0. The molecule has 2 saturated carbocycles. The van der Waals surface area contributed by atoms with E-state index in [1.54, 1.807) is 0 Å². The molecule has 0 aromatic carbocycles. The van der Waals surface area contributed by atoms with Crippen molar-refractivity contribution in [3.05, 3.63) is 0 Å². The molecule has 0 unspecified atom stereocenters. The number of rotatable bonds is 1. The van der Waals surface area contributed by atoms with Gasteiger partial charge in [0, 0.05) is 18.8 Å². The number of carbonyl (C=O) groups is 2. The number of hydrogen-bond donors (Lipinski definition) is 1. The van der Waals surface area contributed by atoms with Crippen molar-refractivity contribution in [1.29, 1.82) is 0 Å². The Balaban J connectivity index is 1.98. The molecule has 1 saturated heterocycles. The van der Waals surface area contributed by atoms with Crippen molar-refractivity contribution in [2.75, 3.05) is 6.61 Å². The standard InChI is InChI=1S/C16H24O5/c1-8-4-5-11-10(6-8)14(21-9(2)17)13(18)12-7-20-15(19)16(11,12)3/h8,10-14,18H,4-7H2,1-3H3/t8-,10-,11-,12-,13-,14-,16+/m0/s1. The molecule has 3 fully saturated rings. The van der Waals surface area contributed by atoms with Crippen molar-refractivity contribution >= 4 is 11.9 Å². The lowest BCUT2D eigenvalue weighted by Gasteiger charge is -2.53. The van der Waals surface area contributed by atoms with Crippen molar-refractivity contribution in [2.24, 2.45) is 29.1 Å². The van der Waals surface area contributed by atoms with Gasteiger partial charge in [-0.2, -0.15) is 0 Å². The third kappa shape index (κ3) is 2.08. The van der Waals surface area contributed by atoms with Crippen LogP contribution in [-0.2, 0) is 19.1 Å². The highest BCUT2D eigenvalue weighted by atomic mass is 16.6. The predicted octanol–water partition coefficient (Wildman–Crippen LogP) is 1.52. The van der Waals surface area contributed by atoms with Gasteiger partial charge in [-0.15, -0.1) is 0 Å². The van der Waals surface area contributed by atoms with E-state index in [-0.39, 0.29) is 36.3 Å². The van der Waals surface area contributed by atoms with Crippen molar-refractivity contribution in [1.82, 2.24) is 0 Å². The Morgan fingerprint density at radius 2 is 2.10 bits per heavy atom. The number of ether oxygens (including phenoxy) is 2. The lowest BCUT2D eigenvalue weighted by Crippen LogP contribution is -2.60. The van der Waals surface area contributed by atoms with Gasteiger partial charge in [-0.05, 0) is 31.6 Å². The van der Waals surface area contributed by atoms with Gasteiger partial charge >= 0.3 is 11.9 Å². The van der Waals surface area contributed by atoms with E-state index in [4.69, 9.17) is 9.47 Å². The molecular formula is C16H24O5. The van der Waals surface area contributed by atoms with Gasteiger partial charge in [0.1, 0.15) is 6.10 Å². The van der Waals surface area contributed by atoms with Crippen LogP contribution in [0.5, 0.6) is 0 Å². The van der Waals surface area contributed by atoms with Gasteiger partial charge in [0.25, 0.3) is 0 Å². The highest BCUT2D eigenvalue weighted by molar-refractivity contribution is 5.80. The van der Waals surface area contributed by atoms with Gasteiger partial charge in [-0.25, -0.2) is 0 Å². The molecule has 1 heterocycles. The second kappa shape index (κ2) is 4.97. The van der Waals surface area contributed by atoms with E-state index in [2.05, 4.69) is 6.92 Å². The van der Waals surface area contributed by atoms with Crippen molar-refractivity contribution in [3.8, 4) is 0 Å². The van der Waals surface area contributed by atoms with Crippen LogP contribution >= 0.6 is 0 Å². The monoisotopic (exact) mass is 296 g/mol. The minimum Gasteiger partial charge on any atom is -0.465 e. The first kappa shape index (κ1) is 14.8. The third-order valence-electron chi connectivity index (χ3n) is 6.01. The molecule has 5 nitrogen and oxygen atoms in total. The summed E-state index contributed by atoms with van der Waals surface area (Å²) in [5.41, 5.74) is -0.638. The number of aliphatic hydroxyl groups excluding tert-OH is 1. The van der Waals surface area contributed by atoms with Gasteiger partial charge in [-0.1, -0.05) is 13.3 Å². The molecule has 0 amide bonds. The number of hydrogen-bond acceptors (Lipinski definition) is 5. The quantitative estimate of drug-likeness (QED) is 0.743. The largest absolute Gasteiger partial charge is 0.465 e. The Labute approximate surface area is 125 Å². The highest BCUT2D eigenvalue weighted by Crippen LogP contribution is 2.58. The Hall–Kier alpha value is -1.10. The van der Waals surface area contributed by atoms with Crippen molar-refractivity contribution in [2.45, 2.75) is 52.2 Å². The van der Waals surface area contributed by atoms with Crippen molar-refractivity contribution in [3.63, 3.8) is 0 Å². The van der Waals surface area contributed by atoms with E-state index >= 15 is 0 Å². The maximum absolute atomic E-state index is 12.3. The number of cyclic esters (lactones) is 1. The summed E-state index contributed by atoms with van der Waals surface area (Å²) in [5, 5.41) is 10.7. The van der Waals surface area contributed by atoms with Crippen LogP contribution in [0.2, 0.25) is 0 Å². The molecule has 3 aliphatic rings. The summed E-state index contributed by atoms with van der Waals surface area (Å²) in [7, 11) is 0. The van der Waals surface area contributed by atoms with Crippen LogP contribution in [0.3, 0.4) is 0 Å². The van der Waals surface area contributed by atoms with Crippen LogP contribution in [0.25, 0.3) is 0 Å².